The molecular formula is C19H29BrN2O2. The van der Waals surface area contributed by atoms with E-state index in [0.29, 0.717) is 0 Å². The number of benzene rings is 1. The molecule has 0 N–H and O–H groups in total. The summed E-state index contributed by atoms with van der Waals surface area (Å²) in [4.78, 5) is 16.4. The van der Waals surface area contributed by atoms with Crippen molar-refractivity contribution in [1.29, 1.82) is 0 Å². The quantitative estimate of drug-likeness (QED) is 0.748. The maximum atomic E-state index is 12.2. The number of rotatable bonds is 3. The van der Waals surface area contributed by atoms with Gasteiger partial charge in [0.25, 0.3) is 0 Å². The molecule has 0 spiro atoms. The lowest BCUT2D eigenvalue weighted by Gasteiger charge is -2.37. The Morgan fingerprint density at radius 1 is 1.33 bits per heavy atom. The number of nitrogens with zero attached hydrogens (tertiary/aromatic N) is 2. The van der Waals surface area contributed by atoms with Crippen LogP contribution in [0.1, 0.15) is 44.7 Å². The highest BCUT2D eigenvalue weighted by Crippen LogP contribution is 2.23. The van der Waals surface area contributed by atoms with Crippen molar-refractivity contribution in [1.82, 2.24) is 9.80 Å². The number of amides is 1. The first-order chi connectivity index (χ1) is 11.2. The van der Waals surface area contributed by atoms with Crippen molar-refractivity contribution in [2.24, 2.45) is 0 Å². The van der Waals surface area contributed by atoms with Crippen LogP contribution < -0.4 is 0 Å². The Hall–Kier alpha value is -1.07. The zero-order valence-electron chi connectivity index (χ0n) is 15.4. The average molecular weight is 397 g/mol. The standard InChI is InChI=1S/C19H29BrN2O2/c1-14-6-7-17(20)15(12-14)13-22-10-8-16(9-11-22)21(5)18(23)24-19(2,3)4/h6-7,12,16H,8-11,13H2,1-5H3. The Kier molecular flexibility index (Phi) is 6.32. The van der Waals surface area contributed by atoms with Gasteiger partial charge in [0, 0.05) is 37.2 Å². The van der Waals surface area contributed by atoms with Gasteiger partial charge in [-0.1, -0.05) is 33.6 Å². The molecule has 1 saturated heterocycles. The lowest BCUT2D eigenvalue weighted by Crippen LogP contribution is -2.46. The first kappa shape index (κ1) is 19.3. The van der Waals surface area contributed by atoms with Crippen LogP contribution in [0.15, 0.2) is 22.7 Å². The summed E-state index contributed by atoms with van der Waals surface area (Å²) < 4.78 is 6.64. The second-order valence-electron chi connectivity index (χ2n) is 7.69. The molecule has 1 aromatic carbocycles. The van der Waals surface area contributed by atoms with Gasteiger partial charge >= 0.3 is 6.09 Å². The number of piperidine rings is 1. The maximum absolute atomic E-state index is 12.2. The molecule has 1 heterocycles. The van der Waals surface area contributed by atoms with Gasteiger partial charge in [0.05, 0.1) is 0 Å². The van der Waals surface area contributed by atoms with Crippen LogP contribution in [-0.4, -0.2) is 47.7 Å². The lowest BCUT2D eigenvalue weighted by atomic mass is 10.0. The van der Waals surface area contributed by atoms with Crippen LogP contribution >= 0.6 is 15.9 Å². The van der Waals surface area contributed by atoms with Crippen molar-refractivity contribution in [3.05, 3.63) is 33.8 Å². The van der Waals surface area contributed by atoms with Crippen LogP contribution in [0.2, 0.25) is 0 Å². The largest absolute Gasteiger partial charge is 0.444 e. The molecule has 0 aromatic heterocycles. The summed E-state index contributed by atoms with van der Waals surface area (Å²) in [6.07, 6.45) is 1.75. The predicted molar refractivity (Wildman–Crippen MR) is 101 cm³/mol. The molecule has 1 fully saturated rings. The Bertz CT molecular complexity index is 575. The minimum atomic E-state index is -0.441. The van der Waals surface area contributed by atoms with Gasteiger partial charge in [-0.2, -0.15) is 0 Å². The molecule has 0 atom stereocenters. The fourth-order valence-corrected chi connectivity index (χ4v) is 3.39. The Morgan fingerprint density at radius 3 is 2.54 bits per heavy atom. The summed E-state index contributed by atoms with van der Waals surface area (Å²) in [5.74, 6) is 0. The van der Waals surface area contributed by atoms with Crippen molar-refractivity contribution >= 4 is 22.0 Å². The van der Waals surface area contributed by atoms with Crippen LogP contribution in [0.5, 0.6) is 0 Å². The van der Waals surface area contributed by atoms with Crippen LogP contribution in [0, 0.1) is 6.92 Å². The second kappa shape index (κ2) is 7.87. The van der Waals surface area contributed by atoms with Crippen molar-refractivity contribution in [3.8, 4) is 0 Å². The van der Waals surface area contributed by atoms with E-state index in [1.54, 1.807) is 4.90 Å². The van der Waals surface area contributed by atoms with Gasteiger partial charge in [-0.05, 0) is 52.2 Å². The maximum Gasteiger partial charge on any atom is 0.410 e. The van der Waals surface area contributed by atoms with Crippen molar-refractivity contribution in [2.45, 2.75) is 58.7 Å². The van der Waals surface area contributed by atoms with Crippen molar-refractivity contribution < 1.29 is 9.53 Å². The van der Waals surface area contributed by atoms with E-state index in [0.717, 1.165) is 32.5 Å². The predicted octanol–water partition coefficient (Wildman–Crippen LogP) is 4.59. The first-order valence-corrected chi connectivity index (χ1v) is 9.38. The zero-order valence-corrected chi connectivity index (χ0v) is 17.0. The number of ether oxygens (including phenoxy) is 1. The molecule has 1 aliphatic heterocycles. The summed E-state index contributed by atoms with van der Waals surface area (Å²) in [5, 5.41) is 0. The number of halogens is 1. The van der Waals surface area contributed by atoms with E-state index < -0.39 is 5.60 Å². The monoisotopic (exact) mass is 396 g/mol. The van der Waals surface area contributed by atoms with Gasteiger partial charge in [-0.15, -0.1) is 0 Å². The van der Waals surface area contributed by atoms with Gasteiger partial charge in [-0.3, -0.25) is 4.90 Å². The zero-order chi connectivity index (χ0) is 17.9. The third-order valence-corrected chi connectivity index (χ3v) is 5.16. The Morgan fingerprint density at radius 2 is 1.96 bits per heavy atom. The second-order valence-corrected chi connectivity index (χ2v) is 8.55. The number of aryl methyl sites for hydroxylation is 1. The highest BCUT2D eigenvalue weighted by molar-refractivity contribution is 9.10. The molecule has 1 aromatic rings. The molecule has 1 amide bonds. The van der Waals surface area contributed by atoms with Gasteiger partial charge in [0.15, 0.2) is 0 Å². The van der Waals surface area contributed by atoms with Crippen molar-refractivity contribution in [2.75, 3.05) is 20.1 Å². The minimum Gasteiger partial charge on any atom is -0.444 e. The van der Waals surface area contributed by atoms with E-state index in [2.05, 4.69) is 46.0 Å². The summed E-state index contributed by atoms with van der Waals surface area (Å²) >= 11 is 3.64. The number of hydrogen-bond donors (Lipinski definition) is 0. The van der Waals surface area contributed by atoms with Crippen LogP contribution in [-0.2, 0) is 11.3 Å². The van der Waals surface area contributed by atoms with Crippen LogP contribution in [0.3, 0.4) is 0 Å². The van der Waals surface area contributed by atoms with Gasteiger partial charge in [0.1, 0.15) is 5.60 Å². The molecule has 0 radical (unpaired) electrons. The highest BCUT2D eigenvalue weighted by Gasteiger charge is 2.28. The summed E-state index contributed by atoms with van der Waals surface area (Å²) in [5.41, 5.74) is 2.17. The molecule has 1 aliphatic rings. The molecule has 4 nitrogen and oxygen atoms in total. The molecule has 2 rings (SSSR count). The highest BCUT2D eigenvalue weighted by atomic mass is 79.9. The lowest BCUT2D eigenvalue weighted by molar-refractivity contribution is 0.0149. The van der Waals surface area contributed by atoms with Crippen LogP contribution in [0.4, 0.5) is 4.79 Å². The molecule has 0 unspecified atom stereocenters. The molecule has 0 bridgehead atoms. The summed E-state index contributed by atoms with van der Waals surface area (Å²) in [6.45, 7) is 10.8. The molecular weight excluding hydrogens is 368 g/mol. The SMILES string of the molecule is Cc1ccc(Br)c(CN2CCC(N(C)C(=O)OC(C)(C)C)CC2)c1. The summed E-state index contributed by atoms with van der Waals surface area (Å²) in [6, 6.07) is 6.74. The minimum absolute atomic E-state index is 0.220. The van der Waals surface area contributed by atoms with Gasteiger partial charge in [-0.25, -0.2) is 4.79 Å². The van der Waals surface area contributed by atoms with E-state index >= 15 is 0 Å². The van der Waals surface area contributed by atoms with Crippen molar-refractivity contribution in [3.63, 3.8) is 0 Å². The van der Waals surface area contributed by atoms with Crippen LogP contribution in [0.25, 0.3) is 0 Å². The normalized spacial score (nSPS) is 16.9. The molecule has 134 valence electrons. The number of carbonyl (C=O) groups is 1. The van der Waals surface area contributed by atoms with E-state index in [9.17, 15) is 4.79 Å². The van der Waals surface area contributed by atoms with E-state index in [1.165, 1.54) is 15.6 Å². The number of likely N-dealkylation sites (tertiary alicyclic amines) is 1. The Labute approximate surface area is 154 Å². The molecule has 0 saturated carbocycles. The van der Waals surface area contributed by atoms with E-state index in [4.69, 9.17) is 4.74 Å². The fourth-order valence-electron chi connectivity index (χ4n) is 3.01. The number of hydrogen-bond acceptors (Lipinski definition) is 3. The molecule has 0 aliphatic carbocycles. The van der Waals surface area contributed by atoms with E-state index in [1.807, 2.05) is 27.8 Å². The van der Waals surface area contributed by atoms with Gasteiger partial charge in [0.2, 0.25) is 0 Å². The van der Waals surface area contributed by atoms with Gasteiger partial charge < -0.3 is 9.64 Å². The molecule has 24 heavy (non-hydrogen) atoms. The van der Waals surface area contributed by atoms with E-state index in [-0.39, 0.29) is 12.1 Å². The third kappa shape index (κ3) is 5.49. The Balaban J connectivity index is 1.87. The smallest absolute Gasteiger partial charge is 0.410 e. The number of carbonyl (C=O) groups excluding carboxylic acids is 1. The topological polar surface area (TPSA) is 32.8 Å². The third-order valence-electron chi connectivity index (χ3n) is 4.38. The average Bonchev–Trinajstić information content (AvgIpc) is 2.49. The molecule has 5 heteroatoms. The fraction of sp³-hybridized carbons (Fsp3) is 0.632. The first-order valence-electron chi connectivity index (χ1n) is 8.59. The summed E-state index contributed by atoms with van der Waals surface area (Å²) in [7, 11) is 1.85.